The van der Waals surface area contributed by atoms with Gasteiger partial charge in [-0.15, -0.1) is 0 Å². The first-order chi connectivity index (χ1) is 9.25. The highest BCUT2D eigenvalue weighted by Crippen LogP contribution is 2.28. The summed E-state index contributed by atoms with van der Waals surface area (Å²) in [5.41, 5.74) is 3.87. The lowest BCUT2D eigenvalue weighted by Gasteiger charge is -2.29. The zero-order valence-corrected chi connectivity index (χ0v) is 10.8. The van der Waals surface area contributed by atoms with Crippen LogP contribution in [0.25, 0.3) is 0 Å². The van der Waals surface area contributed by atoms with Crippen molar-refractivity contribution in [3.63, 3.8) is 0 Å². The van der Waals surface area contributed by atoms with E-state index in [9.17, 15) is 4.79 Å². The molecule has 1 amide bonds. The smallest absolute Gasteiger partial charge is 0.278 e. The van der Waals surface area contributed by atoms with Gasteiger partial charge in [0.25, 0.3) is 5.91 Å². The van der Waals surface area contributed by atoms with Crippen LogP contribution in [0.1, 0.15) is 28.0 Å². The molecule has 4 nitrogen and oxygen atoms in total. The van der Waals surface area contributed by atoms with Crippen molar-refractivity contribution < 1.29 is 4.79 Å². The Morgan fingerprint density at radius 2 is 2.21 bits per heavy atom. The molecule has 0 radical (unpaired) electrons. The molecule has 0 atom stereocenters. The van der Waals surface area contributed by atoms with E-state index < -0.39 is 0 Å². The molecule has 1 aliphatic rings. The molecule has 0 saturated carbocycles. The van der Waals surface area contributed by atoms with Crippen LogP contribution in [0.4, 0.5) is 5.69 Å². The van der Waals surface area contributed by atoms with E-state index in [1.807, 2.05) is 17.0 Å². The molecule has 96 valence electrons. The lowest BCUT2D eigenvalue weighted by molar-refractivity contribution is 0.0980. The minimum atomic E-state index is -0.0714. The van der Waals surface area contributed by atoms with Crippen LogP contribution in [0.2, 0.25) is 0 Å². The Morgan fingerprint density at radius 3 is 3.00 bits per heavy atom. The van der Waals surface area contributed by atoms with Crippen LogP contribution >= 0.6 is 0 Å². The van der Waals surface area contributed by atoms with E-state index in [0.717, 1.165) is 25.1 Å². The number of hydrogen-bond acceptors (Lipinski definition) is 3. The number of rotatable bonds is 1. The summed E-state index contributed by atoms with van der Waals surface area (Å²) in [6.07, 6.45) is 6.66. The van der Waals surface area contributed by atoms with Gasteiger partial charge < -0.3 is 4.90 Å². The van der Waals surface area contributed by atoms with Crippen LogP contribution in [-0.4, -0.2) is 22.4 Å². The number of carbonyl (C=O) groups is 1. The van der Waals surface area contributed by atoms with Crippen LogP contribution in [0.3, 0.4) is 0 Å². The second kappa shape index (κ2) is 4.80. The predicted molar refractivity (Wildman–Crippen MR) is 73.2 cm³/mol. The molecule has 0 bridgehead atoms. The molecule has 1 aromatic heterocycles. The maximum atomic E-state index is 12.5. The summed E-state index contributed by atoms with van der Waals surface area (Å²) in [7, 11) is 0. The van der Waals surface area contributed by atoms with Crippen molar-refractivity contribution in [3.8, 4) is 0 Å². The molecule has 0 saturated heterocycles. The topological polar surface area (TPSA) is 46.1 Å². The van der Waals surface area contributed by atoms with Crippen molar-refractivity contribution in [1.29, 1.82) is 0 Å². The van der Waals surface area contributed by atoms with Crippen LogP contribution in [0.15, 0.2) is 36.8 Å². The third kappa shape index (κ3) is 2.21. The summed E-state index contributed by atoms with van der Waals surface area (Å²) >= 11 is 0. The minimum absolute atomic E-state index is 0.0714. The normalized spacial score (nSPS) is 14.1. The van der Waals surface area contributed by atoms with E-state index in [-0.39, 0.29) is 5.91 Å². The lowest BCUT2D eigenvalue weighted by atomic mass is 9.99. The van der Waals surface area contributed by atoms with Gasteiger partial charge in [0.05, 0.1) is 6.20 Å². The number of nitrogens with zero attached hydrogens (tertiary/aromatic N) is 3. The summed E-state index contributed by atoms with van der Waals surface area (Å²) in [4.78, 5) is 22.3. The van der Waals surface area contributed by atoms with Gasteiger partial charge in [-0.25, -0.2) is 4.98 Å². The van der Waals surface area contributed by atoms with Crippen LogP contribution in [0, 0.1) is 6.92 Å². The highest BCUT2D eigenvalue weighted by molar-refractivity contribution is 6.05. The van der Waals surface area contributed by atoms with Crippen molar-refractivity contribution in [2.45, 2.75) is 19.8 Å². The number of fused-ring (bicyclic) bond motifs is 1. The zero-order valence-electron chi connectivity index (χ0n) is 10.8. The molecule has 2 heterocycles. The van der Waals surface area contributed by atoms with E-state index in [0.29, 0.717) is 5.69 Å². The van der Waals surface area contributed by atoms with Gasteiger partial charge in [0, 0.05) is 24.6 Å². The molecular formula is C15H15N3O. The van der Waals surface area contributed by atoms with E-state index in [1.54, 1.807) is 12.4 Å². The molecule has 19 heavy (non-hydrogen) atoms. The molecule has 0 N–H and O–H groups in total. The highest BCUT2D eigenvalue weighted by atomic mass is 16.2. The van der Waals surface area contributed by atoms with Gasteiger partial charge in [-0.05, 0) is 31.4 Å². The Bertz CT molecular complexity index is 610. The van der Waals surface area contributed by atoms with Crippen LogP contribution < -0.4 is 4.90 Å². The fraction of sp³-hybridized carbons (Fsp3) is 0.267. The van der Waals surface area contributed by atoms with Crippen LogP contribution in [0.5, 0.6) is 0 Å². The van der Waals surface area contributed by atoms with Crippen molar-refractivity contribution in [3.05, 3.63) is 53.6 Å². The Balaban J connectivity index is 1.98. The van der Waals surface area contributed by atoms with Gasteiger partial charge in [-0.1, -0.05) is 17.7 Å². The summed E-state index contributed by atoms with van der Waals surface area (Å²) < 4.78 is 0. The molecule has 3 rings (SSSR count). The van der Waals surface area contributed by atoms with Crippen molar-refractivity contribution >= 4 is 11.6 Å². The van der Waals surface area contributed by atoms with E-state index in [1.165, 1.54) is 17.3 Å². The standard InChI is InChI=1S/C15H15N3O/c1-11-4-5-14-12(9-11)3-2-8-18(14)15(19)13-10-16-6-7-17-13/h4-7,9-10H,2-3,8H2,1H3. The Morgan fingerprint density at radius 1 is 1.32 bits per heavy atom. The van der Waals surface area contributed by atoms with Crippen LogP contribution in [-0.2, 0) is 6.42 Å². The average Bonchev–Trinajstić information content (AvgIpc) is 2.46. The van der Waals surface area contributed by atoms with Crippen molar-refractivity contribution in [1.82, 2.24) is 9.97 Å². The first kappa shape index (κ1) is 11.8. The summed E-state index contributed by atoms with van der Waals surface area (Å²) in [5.74, 6) is -0.0714. The molecule has 4 heteroatoms. The van der Waals surface area contributed by atoms with Gasteiger partial charge in [0.15, 0.2) is 0 Å². The average molecular weight is 253 g/mol. The monoisotopic (exact) mass is 253 g/mol. The molecular weight excluding hydrogens is 238 g/mol. The van der Waals surface area contributed by atoms with Crippen molar-refractivity contribution in [2.24, 2.45) is 0 Å². The molecule has 0 fully saturated rings. The molecule has 0 unspecified atom stereocenters. The van der Waals surface area contributed by atoms with E-state index >= 15 is 0 Å². The number of hydrogen-bond donors (Lipinski definition) is 0. The highest BCUT2D eigenvalue weighted by Gasteiger charge is 2.24. The molecule has 1 aliphatic heterocycles. The summed E-state index contributed by atoms with van der Waals surface area (Å²) in [6.45, 7) is 2.81. The molecule has 0 aliphatic carbocycles. The fourth-order valence-electron chi connectivity index (χ4n) is 2.48. The minimum Gasteiger partial charge on any atom is -0.307 e. The maximum Gasteiger partial charge on any atom is 0.278 e. The van der Waals surface area contributed by atoms with Gasteiger partial charge in [-0.2, -0.15) is 0 Å². The quantitative estimate of drug-likeness (QED) is 0.784. The summed E-state index contributed by atoms with van der Waals surface area (Å²) in [5, 5.41) is 0. The van der Waals surface area contributed by atoms with Gasteiger partial charge in [0.2, 0.25) is 0 Å². The summed E-state index contributed by atoms with van der Waals surface area (Å²) in [6, 6.07) is 6.23. The maximum absolute atomic E-state index is 12.5. The SMILES string of the molecule is Cc1ccc2c(c1)CCCN2C(=O)c1cnccn1. The lowest BCUT2D eigenvalue weighted by Crippen LogP contribution is -2.36. The van der Waals surface area contributed by atoms with Gasteiger partial charge in [-0.3, -0.25) is 9.78 Å². The van der Waals surface area contributed by atoms with Gasteiger partial charge in [0.1, 0.15) is 5.69 Å². The van der Waals surface area contributed by atoms with Gasteiger partial charge >= 0.3 is 0 Å². The molecule has 0 spiro atoms. The Hall–Kier alpha value is -2.23. The first-order valence-corrected chi connectivity index (χ1v) is 6.43. The Kier molecular flexibility index (Phi) is 2.99. The number of aromatic nitrogens is 2. The predicted octanol–water partition coefficient (Wildman–Crippen LogP) is 2.38. The number of carbonyl (C=O) groups excluding carboxylic acids is 1. The molecule has 1 aromatic carbocycles. The van der Waals surface area contributed by atoms with Crippen molar-refractivity contribution in [2.75, 3.05) is 11.4 Å². The fourth-order valence-corrected chi connectivity index (χ4v) is 2.48. The third-order valence-corrected chi connectivity index (χ3v) is 3.38. The number of aryl methyl sites for hydroxylation is 2. The Labute approximate surface area is 112 Å². The van der Waals surface area contributed by atoms with E-state index in [4.69, 9.17) is 0 Å². The van der Waals surface area contributed by atoms with E-state index in [2.05, 4.69) is 23.0 Å². The number of benzene rings is 1. The second-order valence-corrected chi connectivity index (χ2v) is 4.78. The largest absolute Gasteiger partial charge is 0.307 e. The second-order valence-electron chi connectivity index (χ2n) is 4.78. The first-order valence-electron chi connectivity index (χ1n) is 6.43. The molecule has 2 aromatic rings. The number of amides is 1. The zero-order chi connectivity index (χ0) is 13.2. The third-order valence-electron chi connectivity index (χ3n) is 3.38. The number of anilines is 1.